The quantitative estimate of drug-likeness (QED) is 0.390. The van der Waals surface area contributed by atoms with Gasteiger partial charge in [0, 0.05) is 43.5 Å². The fourth-order valence-electron chi connectivity index (χ4n) is 3.16. The summed E-state index contributed by atoms with van der Waals surface area (Å²) in [5, 5.41) is 5.45. The van der Waals surface area contributed by atoms with Gasteiger partial charge in [0.1, 0.15) is 11.5 Å². The number of rotatable bonds is 6. The lowest BCUT2D eigenvalue weighted by molar-refractivity contribution is -0.141. The molecule has 178 valence electrons. The van der Waals surface area contributed by atoms with Crippen molar-refractivity contribution in [3.63, 3.8) is 0 Å². The SMILES string of the molecule is CN1C=C=CC(Nc2ncc(-c3ccc(CC(=O)Nc4ccc(C(F)(F)F)nc4)c(F)c3)cn2)=C1. The second-order valence-electron chi connectivity index (χ2n) is 7.57. The lowest BCUT2D eigenvalue weighted by atomic mass is 10.0. The number of amides is 1. The molecule has 0 saturated carbocycles. The van der Waals surface area contributed by atoms with Crippen LogP contribution >= 0.6 is 0 Å². The molecule has 4 rings (SSSR count). The lowest BCUT2D eigenvalue weighted by Gasteiger charge is -2.13. The minimum Gasteiger partial charge on any atom is -0.349 e. The van der Waals surface area contributed by atoms with E-state index in [2.05, 4.69) is 31.3 Å². The van der Waals surface area contributed by atoms with Gasteiger partial charge in [0.25, 0.3) is 0 Å². The molecule has 0 bridgehead atoms. The maximum absolute atomic E-state index is 14.6. The average molecular weight is 482 g/mol. The number of alkyl halides is 3. The predicted octanol–water partition coefficient (Wildman–Crippen LogP) is 4.75. The van der Waals surface area contributed by atoms with Crippen molar-refractivity contribution >= 4 is 17.5 Å². The standard InChI is InChI=1S/C24H18F4N6O/c1-34-8-2-3-19(14-34)33-23-30-11-17(12-31-23)15-4-5-16(20(25)9-15)10-22(35)32-18-6-7-21(29-13-18)24(26,27)28/h3-9,11-14H,10H2,1H3,(H,32,35)(H,30,31,33). The predicted molar refractivity (Wildman–Crippen MR) is 121 cm³/mol. The topological polar surface area (TPSA) is 83.0 Å². The first-order valence-corrected chi connectivity index (χ1v) is 10.2. The van der Waals surface area contributed by atoms with Crippen LogP contribution in [-0.4, -0.2) is 32.8 Å². The summed E-state index contributed by atoms with van der Waals surface area (Å²) in [6, 6.07) is 6.19. The van der Waals surface area contributed by atoms with Gasteiger partial charge >= 0.3 is 6.18 Å². The Bertz CT molecular complexity index is 1330. The average Bonchev–Trinajstić information content (AvgIpc) is 2.81. The van der Waals surface area contributed by atoms with E-state index in [0.29, 0.717) is 17.1 Å². The number of nitrogens with zero attached hydrogens (tertiary/aromatic N) is 4. The minimum absolute atomic E-state index is 0.0769. The molecule has 1 aliphatic heterocycles. The van der Waals surface area contributed by atoms with Crippen molar-refractivity contribution < 1.29 is 22.4 Å². The van der Waals surface area contributed by atoms with Crippen LogP contribution in [0.2, 0.25) is 0 Å². The molecule has 0 radical (unpaired) electrons. The van der Waals surface area contributed by atoms with Crippen molar-refractivity contribution in [1.82, 2.24) is 19.9 Å². The molecule has 2 N–H and O–H groups in total. The number of hydrogen-bond acceptors (Lipinski definition) is 6. The molecule has 1 aromatic carbocycles. The van der Waals surface area contributed by atoms with E-state index in [1.54, 1.807) is 30.7 Å². The molecule has 0 fully saturated rings. The molecule has 0 unspecified atom stereocenters. The van der Waals surface area contributed by atoms with Crippen molar-refractivity contribution in [3.8, 4) is 11.1 Å². The van der Waals surface area contributed by atoms with Crippen molar-refractivity contribution in [2.45, 2.75) is 12.6 Å². The van der Waals surface area contributed by atoms with Crippen LogP contribution in [0.15, 0.2) is 78.8 Å². The van der Waals surface area contributed by atoms with Crippen molar-refractivity contribution in [2.75, 3.05) is 17.7 Å². The van der Waals surface area contributed by atoms with Gasteiger partial charge in [0.05, 0.1) is 24.0 Å². The van der Waals surface area contributed by atoms with Crippen molar-refractivity contribution in [1.29, 1.82) is 0 Å². The highest BCUT2D eigenvalue weighted by molar-refractivity contribution is 5.92. The molecule has 0 atom stereocenters. The molecule has 1 aliphatic rings. The fourth-order valence-corrected chi connectivity index (χ4v) is 3.16. The number of halogens is 4. The van der Waals surface area contributed by atoms with Gasteiger partial charge in [-0.25, -0.2) is 19.3 Å². The number of carbonyl (C=O) groups is 1. The fraction of sp³-hybridized carbons (Fsp3) is 0.125. The summed E-state index contributed by atoms with van der Waals surface area (Å²) in [6.07, 6.45) is 4.45. The Morgan fingerprint density at radius 1 is 1.06 bits per heavy atom. The van der Waals surface area contributed by atoms with Crippen LogP contribution < -0.4 is 10.6 Å². The number of nitrogens with one attached hydrogen (secondary N) is 2. The molecule has 3 heterocycles. The normalized spacial score (nSPS) is 12.9. The zero-order valence-electron chi connectivity index (χ0n) is 18.3. The van der Waals surface area contributed by atoms with Crippen LogP contribution in [-0.2, 0) is 17.4 Å². The largest absolute Gasteiger partial charge is 0.433 e. The Morgan fingerprint density at radius 2 is 1.83 bits per heavy atom. The number of carbonyl (C=O) groups excluding carboxylic acids is 1. The molecular weight excluding hydrogens is 464 g/mol. The molecule has 0 aliphatic carbocycles. The van der Waals surface area contributed by atoms with Crippen LogP contribution in [0.4, 0.5) is 29.2 Å². The van der Waals surface area contributed by atoms with Crippen molar-refractivity contribution in [3.05, 3.63) is 95.9 Å². The maximum Gasteiger partial charge on any atom is 0.433 e. The molecule has 11 heteroatoms. The molecule has 0 saturated heterocycles. The third-order valence-corrected chi connectivity index (χ3v) is 4.84. The van der Waals surface area contributed by atoms with E-state index in [4.69, 9.17) is 0 Å². The summed E-state index contributed by atoms with van der Waals surface area (Å²) in [6.45, 7) is 0. The molecule has 3 aromatic rings. The number of allylic oxidation sites excluding steroid dienone is 1. The summed E-state index contributed by atoms with van der Waals surface area (Å²) in [5.74, 6) is -0.846. The van der Waals surface area contributed by atoms with E-state index >= 15 is 0 Å². The smallest absolute Gasteiger partial charge is 0.349 e. The summed E-state index contributed by atoms with van der Waals surface area (Å²) in [4.78, 5) is 25.8. The Labute approximate surface area is 197 Å². The number of benzene rings is 1. The second-order valence-corrected chi connectivity index (χ2v) is 7.57. The molecular formula is C24H18F4N6O. The van der Waals surface area contributed by atoms with E-state index in [1.165, 1.54) is 12.1 Å². The highest BCUT2D eigenvalue weighted by atomic mass is 19.4. The summed E-state index contributed by atoms with van der Waals surface area (Å²) >= 11 is 0. The minimum atomic E-state index is -4.58. The first kappa shape index (κ1) is 23.7. The molecule has 0 spiro atoms. The van der Waals surface area contributed by atoms with E-state index in [-0.39, 0.29) is 17.7 Å². The van der Waals surface area contributed by atoms with E-state index in [1.807, 2.05) is 18.1 Å². The molecule has 1 amide bonds. The van der Waals surface area contributed by atoms with E-state index in [0.717, 1.165) is 24.0 Å². The van der Waals surface area contributed by atoms with Gasteiger partial charge in [0.15, 0.2) is 0 Å². The zero-order valence-corrected chi connectivity index (χ0v) is 18.3. The molecule has 35 heavy (non-hydrogen) atoms. The van der Waals surface area contributed by atoms with E-state index in [9.17, 15) is 22.4 Å². The first-order chi connectivity index (χ1) is 16.7. The molecule has 2 aromatic heterocycles. The number of anilines is 2. The number of pyridine rings is 1. The van der Waals surface area contributed by atoms with Gasteiger partial charge in [-0.2, -0.15) is 13.2 Å². The van der Waals surface area contributed by atoms with Gasteiger partial charge in [-0.15, -0.1) is 5.73 Å². The van der Waals surface area contributed by atoms with Gasteiger partial charge < -0.3 is 15.5 Å². The molecule has 7 nitrogen and oxygen atoms in total. The third kappa shape index (κ3) is 6.10. The van der Waals surface area contributed by atoms with Crippen LogP contribution in [0.25, 0.3) is 11.1 Å². The monoisotopic (exact) mass is 482 g/mol. The highest BCUT2D eigenvalue weighted by Crippen LogP contribution is 2.28. The van der Waals surface area contributed by atoms with Crippen LogP contribution in [0, 0.1) is 5.82 Å². The highest BCUT2D eigenvalue weighted by Gasteiger charge is 2.32. The Morgan fingerprint density at radius 3 is 2.46 bits per heavy atom. The van der Waals surface area contributed by atoms with Crippen LogP contribution in [0.5, 0.6) is 0 Å². The van der Waals surface area contributed by atoms with Crippen LogP contribution in [0.3, 0.4) is 0 Å². The first-order valence-electron chi connectivity index (χ1n) is 10.2. The third-order valence-electron chi connectivity index (χ3n) is 4.84. The van der Waals surface area contributed by atoms with Crippen LogP contribution in [0.1, 0.15) is 11.3 Å². The number of hydrogen-bond donors (Lipinski definition) is 2. The van der Waals surface area contributed by atoms with Gasteiger partial charge in [-0.3, -0.25) is 4.79 Å². The second kappa shape index (κ2) is 9.78. The Hall–Kier alpha value is -4.50. The summed E-state index contributed by atoms with van der Waals surface area (Å²) in [7, 11) is 1.86. The summed E-state index contributed by atoms with van der Waals surface area (Å²) in [5.41, 5.74) is 3.94. The van der Waals surface area contributed by atoms with E-state index < -0.39 is 23.6 Å². The van der Waals surface area contributed by atoms with Gasteiger partial charge in [-0.1, -0.05) is 12.1 Å². The summed E-state index contributed by atoms with van der Waals surface area (Å²) < 4.78 is 52.4. The zero-order chi connectivity index (χ0) is 25.0. The Kier molecular flexibility index (Phi) is 6.61. The van der Waals surface area contributed by atoms with Gasteiger partial charge in [-0.05, 0) is 29.3 Å². The maximum atomic E-state index is 14.6. The lowest BCUT2D eigenvalue weighted by Crippen LogP contribution is -2.16. The van der Waals surface area contributed by atoms with Gasteiger partial charge in [0.2, 0.25) is 11.9 Å². The van der Waals surface area contributed by atoms with Crippen molar-refractivity contribution in [2.24, 2.45) is 0 Å². The Balaban J connectivity index is 1.39. The number of aromatic nitrogens is 3.